The van der Waals surface area contributed by atoms with Crippen molar-refractivity contribution in [2.45, 2.75) is 26.8 Å². The molecule has 0 unspecified atom stereocenters. The molecule has 1 N–H and O–H groups in total. The standard InChI is InChI=1S/C17H17N3O2/c1-10(2)20-16-14(9-18-20)13(17(21)22)8-15(19-16)12-7-5-4-6-11(12)3/h4-10H,1-3H3,(H,21,22). The number of hydrogen-bond donors (Lipinski definition) is 1. The highest BCUT2D eigenvalue weighted by molar-refractivity contribution is 6.02. The van der Waals surface area contributed by atoms with Crippen molar-refractivity contribution in [3.05, 3.63) is 47.7 Å². The smallest absolute Gasteiger partial charge is 0.336 e. The summed E-state index contributed by atoms with van der Waals surface area (Å²) in [6, 6.07) is 9.55. The second-order valence-corrected chi connectivity index (χ2v) is 5.60. The van der Waals surface area contributed by atoms with Gasteiger partial charge in [-0.15, -0.1) is 0 Å². The van der Waals surface area contributed by atoms with Crippen LogP contribution in [0.1, 0.15) is 35.8 Å². The van der Waals surface area contributed by atoms with Crippen LogP contribution < -0.4 is 0 Å². The van der Waals surface area contributed by atoms with E-state index in [1.54, 1.807) is 16.9 Å². The molecule has 0 aliphatic carbocycles. The number of nitrogens with zero attached hydrogens (tertiary/aromatic N) is 3. The maximum Gasteiger partial charge on any atom is 0.336 e. The molecule has 112 valence electrons. The molecule has 22 heavy (non-hydrogen) atoms. The third-order valence-corrected chi connectivity index (χ3v) is 3.71. The zero-order chi connectivity index (χ0) is 15.9. The number of carbonyl (C=O) groups is 1. The summed E-state index contributed by atoms with van der Waals surface area (Å²) < 4.78 is 1.75. The average Bonchev–Trinajstić information content (AvgIpc) is 2.90. The lowest BCUT2D eigenvalue weighted by Crippen LogP contribution is -2.06. The van der Waals surface area contributed by atoms with E-state index in [0.717, 1.165) is 11.1 Å². The molecule has 1 aromatic carbocycles. The van der Waals surface area contributed by atoms with Gasteiger partial charge in [0.05, 0.1) is 22.8 Å². The molecule has 0 saturated carbocycles. The number of aromatic carboxylic acids is 1. The van der Waals surface area contributed by atoms with Crippen molar-refractivity contribution >= 4 is 17.0 Å². The van der Waals surface area contributed by atoms with Crippen LogP contribution in [0.2, 0.25) is 0 Å². The Morgan fingerprint density at radius 1 is 1.27 bits per heavy atom. The van der Waals surface area contributed by atoms with Gasteiger partial charge in [0.1, 0.15) is 0 Å². The van der Waals surface area contributed by atoms with E-state index in [1.807, 2.05) is 45.0 Å². The van der Waals surface area contributed by atoms with Crippen LogP contribution in [-0.2, 0) is 0 Å². The fraction of sp³-hybridized carbons (Fsp3) is 0.235. The highest BCUT2D eigenvalue weighted by Gasteiger charge is 2.18. The first kappa shape index (κ1) is 14.3. The SMILES string of the molecule is Cc1ccccc1-c1cc(C(=O)O)c2cnn(C(C)C)c2n1. The van der Waals surface area contributed by atoms with Gasteiger partial charge in [-0.05, 0) is 32.4 Å². The Kier molecular flexibility index (Phi) is 3.41. The minimum atomic E-state index is -0.967. The van der Waals surface area contributed by atoms with Gasteiger partial charge >= 0.3 is 5.97 Å². The van der Waals surface area contributed by atoms with Crippen LogP contribution in [0.4, 0.5) is 0 Å². The van der Waals surface area contributed by atoms with Crippen LogP contribution in [0.3, 0.4) is 0 Å². The third kappa shape index (κ3) is 2.24. The molecule has 2 heterocycles. The third-order valence-electron chi connectivity index (χ3n) is 3.71. The van der Waals surface area contributed by atoms with Crippen LogP contribution in [0.15, 0.2) is 36.5 Å². The summed E-state index contributed by atoms with van der Waals surface area (Å²) in [6.45, 7) is 5.98. The Labute approximate surface area is 128 Å². The van der Waals surface area contributed by atoms with Gasteiger partial charge in [-0.2, -0.15) is 5.10 Å². The Morgan fingerprint density at radius 3 is 2.64 bits per heavy atom. The maximum atomic E-state index is 11.6. The van der Waals surface area contributed by atoms with E-state index < -0.39 is 5.97 Å². The monoisotopic (exact) mass is 295 g/mol. The number of fused-ring (bicyclic) bond motifs is 1. The number of carboxylic acids is 1. The maximum absolute atomic E-state index is 11.6. The van der Waals surface area contributed by atoms with Gasteiger partial charge < -0.3 is 5.11 Å². The molecule has 5 heteroatoms. The van der Waals surface area contributed by atoms with Crippen molar-refractivity contribution in [1.29, 1.82) is 0 Å². The minimum Gasteiger partial charge on any atom is -0.478 e. The molecule has 0 amide bonds. The number of benzene rings is 1. The van der Waals surface area contributed by atoms with Gasteiger partial charge in [0.25, 0.3) is 0 Å². The summed E-state index contributed by atoms with van der Waals surface area (Å²) in [4.78, 5) is 16.3. The summed E-state index contributed by atoms with van der Waals surface area (Å²) in [7, 11) is 0. The van der Waals surface area contributed by atoms with E-state index >= 15 is 0 Å². The van der Waals surface area contributed by atoms with Crippen LogP contribution in [0, 0.1) is 6.92 Å². The molecule has 0 spiro atoms. The van der Waals surface area contributed by atoms with Crippen molar-refractivity contribution in [3.8, 4) is 11.3 Å². The van der Waals surface area contributed by atoms with E-state index in [4.69, 9.17) is 0 Å². The highest BCUT2D eigenvalue weighted by atomic mass is 16.4. The molecule has 3 aromatic rings. The fourth-order valence-corrected chi connectivity index (χ4v) is 2.57. The first-order chi connectivity index (χ1) is 10.5. The molecule has 0 bridgehead atoms. The van der Waals surface area contributed by atoms with Gasteiger partial charge in [0.2, 0.25) is 0 Å². The summed E-state index contributed by atoms with van der Waals surface area (Å²) in [5.74, 6) is -0.967. The van der Waals surface area contributed by atoms with E-state index in [1.165, 1.54) is 0 Å². The van der Waals surface area contributed by atoms with Crippen LogP contribution in [-0.4, -0.2) is 25.8 Å². The minimum absolute atomic E-state index is 0.110. The number of hydrogen-bond acceptors (Lipinski definition) is 3. The topological polar surface area (TPSA) is 68.0 Å². The molecule has 2 aromatic heterocycles. The van der Waals surface area contributed by atoms with Crippen LogP contribution in [0.5, 0.6) is 0 Å². The molecule has 0 radical (unpaired) electrons. The molecular weight excluding hydrogens is 278 g/mol. The summed E-state index contributed by atoms with van der Waals surface area (Å²) >= 11 is 0. The number of rotatable bonds is 3. The number of aromatic nitrogens is 3. The molecule has 0 aliphatic heterocycles. The quantitative estimate of drug-likeness (QED) is 0.800. The van der Waals surface area contributed by atoms with Crippen molar-refractivity contribution < 1.29 is 9.90 Å². The van der Waals surface area contributed by atoms with Gasteiger partial charge in [-0.25, -0.2) is 14.5 Å². The summed E-state index contributed by atoms with van der Waals surface area (Å²) in [6.07, 6.45) is 1.58. The number of pyridine rings is 1. The molecule has 0 atom stereocenters. The Balaban J connectivity index is 2.35. The molecule has 0 saturated heterocycles. The van der Waals surface area contributed by atoms with Gasteiger partial charge in [0, 0.05) is 11.6 Å². The molecule has 3 rings (SSSR count). The van der Waals surface area contributed by atoms with Crippen LogP contribution >= 0.6 is 0 Å². The van der Waals surface area contributed by atoms with Gasteiger partial charge in [-0.1, -0.05) is 24.3 Å². The van der Waals surface area contributed by atoms with E-state index in [9.17, 15) is 9.90 Å². The van der Waals surface area contributed by atoms with Crippen molar-refractivity contribution in [2.24, 2.45) is 0 Å². The Morgan fingerprint density at radius 2 is 2.00 bits per heavy atom. The number of aryl methyl sites for hydroxylation is 1. The Bertz CT molecular complexity index is 865. The Hall–Kier alpha value is -2.69. The van der Waals surface area contributed by atoms with Gasteiger partial charge in [-0.3, -0.25) is 0 Å². The zero-order valence-electron chi connectivity index (χ0n) is 12.7. The number of carboxylic acid groups (broad SMARTS) is 1. The lowest BCUT2D eigenvalue weighted by Gasteiger charge is -2.10. The molecular formula is C17H17N3O2. The lowest BCUT2D eigenvalue weighted by molar-refractivity contribution is 0.0699. The lowest BCUT2D eigenvalue weighted by atomic mass is 10.0. The highest BCUT2D eigenvalue weighted by Crippen LogP contribution is 2.28. The van der Waals surface area contributed by atoms with Crippen molar-refractivity contribution in [2.75, 3.05) is 0 Å². The second-order valence-electron chi connectivity index (χ2n) is 5.60. The fourth-order valence-electron chi connectivity index (χ4n) is 2.57. The summed E-state index contributed by atoms with van der Waals surface area (Å²) in [5, 5.41) is 14.4. The van der Waals surface area contributed by atoms with E-state index in [2.05, 4.69) is 10.1 Å². The van der Waals surface area contributed by atoms with E-state index in [0.29, 0.717) is 16.7 Å². The predicted molar refractivity (Wildman–Crippen MR) is 85.0 cm³/mol. The van der Waals surface area contributed by atoms with Crippen LogP contribution in [0.25, 0.3) is 22.3 Å². The molecule has 5 nitrogen and oxygen atoms in total. The van der Waals surface area contributed by atoms with Gasteiger partial charge in [0.15, 0.2) is 5.65 Å². The van der Waals surface area contributed by atoms with E-state index in [-0.39, 0.29) is 11.6 Å². The first-order valence-electron chi connectivity index (χ1n) is 7.16. The van der Waals surface area contributed by atoms with Crippen molar-refractivity contribution in [1.82, 2.24) is 14.8 Å². The average molecular weight is 295 g/mol. The zero-order valence-corrected chi connectivity index (χ0v) is 12.7. The summed E-state index contributed by atoms with van der Waals surface area (Å²) in [5.41, 5.74) is 3.48. The predicted octanol–water partition coefficient (Wildman–Crippen LogP) is 3.69. The van der Waals surface area contributed by atoms with Crippen molar-refractivity contribution in [3.63, 3.8) is 0 Å². The normalized spacial score (nSPS) is 11.3. The largest absolute Gasteiger partial charge is 0.478 e. The molecule has 0 aliphatic rings. The second kappa shape index (κ2) is 5.26. The first-order valence-corrected chi connectivity index (χ1v) is 7.16. The molecule has 0 fully saturated rings.